The molecule has 0 fully saturated rings. The number of aliphatic hydroxyl groups excluding tert-OH is 1. The Morgan fingerprint density at radius 3 is 2.71 bits per heavy atom. The van der Waals surface area contributed by atoms with Crippen molar-refractivity contribution in [1.29, 1.82) is 0 Å². The molecule has 2 unspecified atom stereocenters. The van der Waals surface area contributed by atoms with E-state index in [1.807, 2.05) is 36.6 Å². The standard InChI is InChI=1S/C16H22N2O2S/c1-3-15(16-17-8-9-21-16)18-10-13(19)11-20-14-6-4-12(2)5-7-14/h4-9,13,15,18-19H,3,10-11H2,1-2H3. The first-order valence-corrected chi connectivity index (χ1v) is 8.07. The van der Waals surface area contributed by atoms with E-state index in [0.717, 1.165) is 17.2 Å². The summed E-state index contributed by atoms with van der Waals surface area (Å²) in [5, 5.41) is 16.4. The molecule has 0 radical (unpaired) electrons. The molecule has 0 saturated carbocycles. The zero-order chi connectivity index (χ0) is 15.1. The Kier molecular flexibility index (Phi) is 6.17. The summed E-state index contributed by atoms with van der Waals surface area (Å²) < 4.78 is 5.58. The van der Waals surface area contributed by atoms with Crippen molar-refractivity contribution in [2.45, 2.75) is 32.4 Å². The van der Waals surface area contributed by atoms with Gasteiger partial charge in [0.15, 0.2) is 0 Å². The lowest BCUT2D eigenvalue weighted by atomic mass is 10.2. The molecule has 4 nitrogen and oxygen atoms in total. The van der Waals surface area contributed by atoms with Crippen molar-refractivity contribution in [3.8, 4) is 5.75 Å². The lowest BCUT2D eigenvalue weighted by Gasteiger charge is -2.18. The highest BCUT2D eigenvalue weighted by atomic mass is 32.1. The Morgan fingerprint density at radius 1 is 1.33 bits per heavy atom. The molecule has 0 saturated heterocycles. The molecule has 2 aromatic rings. The second-order valence-corrected chi connectivity index (χ2v) is 5.94. The van der Waals surface area contributed by atoms with Crippen molar-refractivity contribution >= 4 is 11.3 Å². The van der Waals surface area contributed by atoms with E-state index < -0.39 is 6.10 Å². The van der Waals surface area contributed by atoms with Crippen molar-refractivity contribution in [2.75, 3.05) is 13.2 Å². The molecule has 0 amide bonds. The van der Waals surface area contributed by atoms with E-state index >= 15 is 0 Å². The number of aromatic nitrogens is 1. The van der Waals surface area contributed by atoms with Crippen LogP contribution in [0.4, 0.5) is 0 Å². The fourth-order valence-electron chi connectivity index (χ4n) is 1.98. The van der Waals surface area contributed by atoms with E-state index in [-0.39, 0.29) is 12.6 Å². The maximum atomic E-state index is 10.0. The van der Waals surface area contributed by atoms with Gasteiger partial charge in [0.05, 0.1) is 6.04 Å². The van der Waals surface area contributed by atoms with Crippen LogP contribution in [0, 0.1) is 6.92 Å². The third-order valence-corrected chi connectivity index (χ3v) is 4.11. The van der Waals surface area contributed by atoms with E-state index in [0.29, 0.717) is 6.54 Å². The number of benzene rings is 1. The molecule has 0 aliphatic rings. The smallest absolute Gasteiger partial charge is 0.119 e. The number of rotatable bonds is 8. The van der Waals surface area contributed by atoms with Crippen LogP contribution in [0.15, 0.2) is 35.8 Å². The van der Waals surface area contributed by atoms with Gasteiger partial charge in [0.1, 0.15) is 23.5 Å². The molecule has 1 heterocycles. The van der Waals surface area contributed by atoms with E-state index in [2.05, 4.69) is 17.2 Å². The van der Waals surface area contributed by atoms with Crippen LogP contribution in [0.3, 0.4) is 0 Å². The second-order valence-electron chi connectivity index (χ2n) is 5.02. The minimum atomic E-state index is -0.541. The molecule has 0 bridgehead atoms. The molecule has 0 aliphatic heterocycles. The topological polar surface area (TPSA) is 54.4 Å². The van der Waals surface area contributed by atoms with Crippen molar-refractivity contribution in [1.82, 2.24) is 10.3 Å². The molecule has 2 atom stereocenters. The SMILES string of the molecule is CCC(NCC(O)COc1ccc(C)cc1)c1nccs1. The van der Waals surface area contributed by atoms with Crippen LogP contribution < -0.4 is 10.1 Å². The maximum Gasteiger partial charge on any atom is 0.119 e. The van der Waals surface area contributed by atoms with E-state index in [4.69, 9.17) is 4.74 Å². The van der Waals surface area contributed by atoms with Gasteiger partial charge in [-0.2, -0.15) is 0 Å². The Balaban J connectivity index is 1.74. The molecule has 5 heteroatoms. The lowest BCUT2D eigenvalue weighted by molar-refractivity contribution is 0.103. The Morgan fingerprint density at radius 2 is 2.10 bits per heavy atom. The van der Waals surface area contributed by atoms with Crippen LogP contribution >= 0.6 is 11.3 Å². The van der Waals surface area contributed by atoms with Crippen molar-refractivity contribution in [3.63, 3.8) is 0 Å². The van der Waals surface area contributed by atoms with Crippen LogP contribution in [-0.4, -0.2) is 29.3 Å². The van der Waals surface area contributed by atoms with Gasteiger partial charge < -0.3 is 15.2 Å². The first-order valence-electron chi connectivity index (χ1n) is 7.19. The third-order valence-electron chi connectivity index (χ3n) is 3.22. The largest absolute Gasteiger partial charge is 0.491 e. The first kappa shape index (κ1) is 15.9. The molecule has 21 heavy (non-hydrogen) atoms. The summed E-state index contributed by atoms with van der Waals surface area (Å²) in [6.07, 6.45) is 2.21. The highest BCUT2D eigenvalue weighted by Crippen LogP contribution is 2.18. The van der Waals surface area contributed by atoms with Gasteiger partial charge in [0, 0.05) is 18.1 Å². The molecule has 1 aromatic heterocycles. The average Bonchev–Trinajstić information content (AvgIpc) is 3.01. The Labute approximate surface area is 129 Å². The summed E-state index contributed by atoms with van der Waals surface area (Å²) in [5.41, 5.74) is 1.19. The summed E-state index contributed by atoms with van der Waals surface area (Å²) >= 11 is 1.63. The van der Waals surface area contributed by atoms with Gasteiger partial charge >= 0.3 is 0 Å². The fourth-order valence-corrected chi connectivity index (χ4v) is 2.77. The molecule has 2 N–H and O–H groups in total. The van der Waals surface area contributed by atoms with Crippen LogP contribution in [0.5, 0.6) is 5.75 Å². The van der Waals surface area contributed by atoms with Gasteiger partial charge in [-0.15, -0.1) is 11.3 Å². The maximum absolute atomic E-state index is 10.0. The normalized spacial score (nSPS) is 13.9. The summed E-state index contributed by atoms with van der Waals surface area (Å²) in [6, 6.07) is 8.02. The number of aryl methyl sites for hydroxylation is 1. The molecular formula is C16H22N2O2S. The summed E-state index contributed by atoms with van der Waals surface area (Å²) in [6.45, 7) is 4.91. The van der Waals surface area contributed by atoms with Crippen molar-refractivity contribution in [3.05, 3.63) is 46.4 Å². The monoisotopic (exact) mass is 306 g/mol. The number of ether oxygens (including phenoxy) is 1. The predicted octanol–water partition coefficient (Wildman–Crippen LogP) is 2.93. The number of thiazole rings is 1. The number of hydrogen-bond acceptors (Lipinski definition) is 5. The van der Waals surface area contributed by atoms with E-state index in [9.17, 15) is 5.11 Å². The van der Waals surface area contributed by atoms with E-state index in [1.165, 1.54) is 5.56 Å². The number of nitrogens with one attached hydrogen (secondary N) is 1. The third kappa shape index (κ3) is 5.12. The van der Waals surface area contributed by atoms with Crippen LogP contribution in [0.1, 0.15) is 30.0 Å². The van der Waals surface area contributed by atoms with E-state index in [1.54, 1.807) is 17.5 Å². The fraction of sp³-hybridized carbons (Fsp3) is 0.438. The van der Waals surface area contributed by atoms with Gasteiger partial charge in [0.25, 0.3) is 0 Å². The van der Waals surface area contributed by atoms with Crippen molar-refractivity contribution in [2.24, 2.45) is 0 Å². The van der Waals surface area contributed by atoms with Gasteiger partial charge in [-0.05, 0) is 25.5 Å². The van der Waals surface area contributed by atoms with Gasteiger partial charge in [-0.1, -0.05) is 24.6 Å². The Hall–Kier alpha value is -1.43. The van der Waals surface area contributed by atoms with Gasteiger partial charge in [0.2, 0.25) is 0 Å². The van der Waals surface area contributed by atoms with Crippen molar-refractivity contribution < 1.29 is 9.84 Å². The number of aliphatic hydroxyl groups is 1. The second kappa shape index (κ2) is 8.12. The minimum absolute atomic E-state index is 0.194. The first-order chi connectivity index (χ1) is 10.2. The van der Waals surface area contributed by atoms with Gasteiger partial charge in [-0.3, -0.25) is 0 Å². The molecule has 1 aromatic carbocycles. The minimum Gasteiger partial charge on any atom is -0.491 e. The molecule has 114 valence electrons. The average molecular weight is 306 g/mol. The predicted molar refractivity (Wildman–Crippen MR) is 85.8 cm³/mol. The Bertz CT molecular complexity index is 514. The van der Waals surface area contributed by atoms with Crippen LogP contribution in [-0.2, 0) is 0 Å². The summed E-state index contributed by atoms with van der Waals surface area (Å²) in [5.74, 6) is 0.784. The molecule has 0 spiro atoms. The molecule has 2 rings (SSSR count). The highest BCUT2D eigenvalue weighted by Gasteiger charge is 2.13. The summed E-state index contributed by atoms with van der Waals surface area (Å²) in [7, 11) is 0. The number of nitrogens with zero attached hydrogens (tertiary/aromatic N) is 1. The summed E-state index contributed by atoms with van der Waals surface area (Å²) in [4.78, 5) is 4.31. The lowest BCUT2D eigenvalue weighted by Crippen LogP contribution is -2.33. The molecular weight excluding hydrogens is 284 g/mol. The molecule has 0 aliphatic carbocycles. The zero-order valence-corrected chi connectivity index (χ0v) is 13.3. The van der Waals surface area contributed by atoms with Crippen LogP contribution in [0.25, 0.3) is 0 Å². The zero-order valence-electron chi connectivity index (χ0n) is 12.5. The number of hydrogen-bond donors (Lipinski definition) is 2. The van der Waals surface area contributed by atoms with Gasteiger partial charge in [-0.25, -0.2) is 4.98 Å². The quantitative estimate of drug-likeness (QED) is 0.787. The highest BCUT2D eigenvalue weighted by molar-refractivity contribution is 7.09. The van der Waals surface area contributed by atoms with Crippen LogP contribution in [0.2, 0.25) is 0 Å².